The summed E-state index contributed by atoms with van der Waals surface area (Å²) in [5, 5.41) is 0. The van der Waals surface area contributed by atoms with Crippen molar-refractivity contribution in [1.29, 1.82) is 0 Å². The molecule has 0 spiro atoms. The van der Waals surface area contributed by atoms with Crippen molar-refractivity contribution in [3.8, 4) is 5.75 Å². The molecule has 3 rings (SSSR count). The molecule has 98 valence electrons. The van der Waals surface area contributed by atoms with Gasteiger partial charge < -0.3 is 10.5 Å². The van der Waals surface area contributed by atoms with E-state index in [2.05, 4.69) is 12.1 Å². The molecule has 1 aromatic carbocycles. The van der Waals surface area contributed by atoms with E-state index in [1.54, 1.807) is 0 Å². The van der Waals surface area contributed by atoms with Crippen LogP contribution in [0.25, 0.3) is 0 Å². The van der Waals surface area contributed by atoms with E-state index < -0.39 is 0 Å². The normalized spacial score (nSPS) is 27.8. The fourth-order valence-electron chi connectivity index (χ4n) is 3.39. The number of hydrogen-bond donors (Lipinski definition) is 1. The van der Waals surface area contributed by atoms with Crippen LogP contribution in [0.15, 0.2) is 24.3 Å². The molecule has 0 amide bonds. The van der Waals surface area contributed by atoms with Crippen molar-refractivity contribution >= 4 is 0 Å². The summed E-state index contributed by atoms with van der Waals surface area (Å²) in [7, 11) is 0. The number of para-hydroxylation sites is 1. The van der Waals surface area contributed by atoms with Crippen LogP contribution in [0, 0.1) is 5.92 Å². The second kappa shape index (κ2) is 4.93. The molecule has 0 aromatic heterocycles. The fraction of sp³-hybridized carbons (Fsp3) is 0.625. The molecule has 1 fully saturated rings. The van der Waals surface area contributed by atoms with E-state index in [0.717, 1.165) is 24.5 Å². The van der Waals surface area contributed by atoms with Crippen molar-refractivity contribution < 1.29 is 4.74 Å². The van der Waals surface area contributed by atoms with E-state index in [1.807, 2.05) is 12.1 Å². The highest BCUT2D eigenvalue weighted by molar-refractivity contribution is 5.36. The van der Waals surface area contributed by atoms with Crippen LogP contribution in [0.2, 0.25) is 0 Å². The highest BCUT2D eigenvalue weighted by atomic mass is 16.5. The lowest BCUT2D eigenvalue weighted by Crippen LogP contribution is -2.50. The Hall–Kier alpha value is -1.02. The van der Waals surface area contributed by atoms with Crippen LogP contribution in [0.5, 0.6) is 5.75 Å². The third-order valence-electron chi connectivity index (χ3n) is 4.56. The van der Waals surface area contributed by atoms with Gasteiger partial charge in [0.25, 0.3) is 0 Å². The molecule has 1 aromatic rings. The number of nitrogens with two attached hydrogens (primary N) is 1. The third-order valence-corrected chi connectivity index (χ3v) is 4.56. The first-order valence-electron chi connectivity index (χ1n) is 7.25. The Morgan fingerprint density at radius 3 is 2.83 bits per heavy atom. The summed E-state index contributed by atoms with van der Waals surface area (Å²) in [6.07, 6.45) is 9.01. The lowest BCUT2D eigenvalue weighted by Gasteiger charge is -2.35. The minimum absolute atomic E-state index is 0.142. The monoisotopic (exact) mass is 245 g/mol. The van der Waals surface area contributed by atoms with Gasteiger partial charge in [0.2, 0.25) is 0 Å². The van der Waals surface area contributed by atoms with Gasteiger partial charge in [-0.15, -0.1) is 0 Å². The summed E-state index contributed by atoms with van der Waals surface area (Å²) in [6.45, 7) is 0.677. The largest absolute Gasteiger partial charge is 0.491 e. The van der Waals surface area contributed by atoms with Gasteiger partial charge in [-0.3, -0.25) is 0 Å². The van der Waals surface area contributed by atoms with E-state index in [9.17, 15) is 0 Å². The second-order valence-electron chi connectivity index (χ2n) is 6.12. The molecule has 1 aliphatic heterocycles. The molecule has 1 heterocycles. The summed E-state index contributed by atoms with van der Waals surface area (Å²) in [6, 6.07) is 8.29. The Balaban J connectivity index is 1.62. The van der Waals surface area contributed by atoms with Crippen LogP contribution in [-0.4, -0.2) is 12.1 Å². The molecule has 2 heteroatoms. The van der Waals surface area contributed by atoms with Crippen LogP contribution in [0.4, 0.5) is 0 Å². The Morgan fingerprint density at radius 1 is 1.22 bits per heavy atom. The maximum Gasteiger partial charge on any atom is 0.122 e. The third kappa shape index (κ3) is 2.54. The summed E-state index contributed by atoms with van der Waals surface area (Å²) >= 11 is 0. The molecule has 2 aliphatic rings. The topological polar surface area (TPSA) is 35.2 Å². The second-order valence-corrected chi connectivity index (χ2v) is 6.12. The number of ether oxygens (including phenoxy) is 1. The summed E-state index contributed by atoms with van der Waals surface area (Å²) in [5.41, 5.74) is 7.66. The molecule has 2 N–H and O–H groups in total. The maximum atomic E-state index is 6.53. The zero-order valence-electron chi connectivity index (χ0n) is 11.0. The summed E-state index contributed by atoms with van der Waals surface area (Å²) in [4.78, 5) is 0. The smallest absolute Gasteiger partial charge is 0.122 e. The Morgan fingerprint density at radius 2 is 2.00 bits per heavy atom. The van der Waals surface area contributed by atoms with Gasteiger partial charge in [-0.05, 0) is 36.8 Å². The van der Waals surface area contributed by atoms with Crippen LogP contribution in [0.3, 0.4) is 0 Å². The lowest BCUT2D eigenvalue weighted by atomic mass is 9.83. The minimum Gasteiger partial charge on any atom is -0.491 e. The number of benzene rings is 1. The van der Waals surface area contributed by atoms with Gasteiger partial charge >= 0.3 is 0 Å². The average Bonchev–Trinajstić information content (AvgIpc) is 2.90. The first-order chi connectivity index (χ1) is 8.75. The Bertz CT molecular complexity index is 411. The van der Waals surface area contributed by atoms with Gasteiger partial charge in [-0.2, -0.15) is 0 Å². The zero-order chi connectivity index (χ0) is 12.4. The quantitative estimate of drug-likeness (QED) is 0.887. The molecular formula is C16H23NO. The fourth-order valence-corrected chi connectivity index (χ4v) is 3.39. The van der Waals surface area contributed by atoms with E-state index in [-0.39, 0.29) is 5.54 Å². The van der Waals surface area contributed by atoms with Gasteiger partial charge in [0.1, 0.15) is 12.4 Å². The average molecular weight is 245 g/mol. The van der Waals surface area contributed by atoms with Gasteiger partial charge in [0.15, 0.2) is 0 Å². The highest BCUT2D eigenvalue weighted by Gasteiger charge is 2.32. The van der Waals surface area contributed by atoms with Crippen molar-refractivity contribution in [3.63, 3.8) is 0 Å². The molecule has 2 nitrogen and oxygen atoms in total. The zero-order valence-corrected chi connectivity index (χ0v) is 11.0. The van der Waals surface area contributed by atoms with Gasteiger partial charge in [-0.1, -0.05) is 43.9 Å². The Labute approximate surface area is 110 Å². The molecule has 0 saturated heterocycles. The SMILES string of the molecule is NC1(CCC2CCCC2)COc2ccccc2C1. The van der Waals surface area contributed by atoms with Crippen LogP contribution in [-0.2, 0) is 6.42 Å². The van der Waals surface area contributed by atoms with Crippen LogP contribution >= 0.6 is 0 Å². The molecule has 0 bridgehead atoms. The van der Waals surface area contributed by atoms with Crippen molar-refractivity contribution in [2.75, 3.05) is 6.61 Å². The van der Waals surface area contributed by atoms with Gasteiger partial charge in [0.05, 0.1) is 5.54 Å². The molecule has 1 saturated carbocycles. The minimum atomic E-state index is -0.142. The van der Waals surface area contributed by atoms with Crippen molar-refractivity contribution in [1.82, 2.24) is 0 Å². The molecule has 1 unspecified atom stereocenters. The standard InChI is InChI=1S/C16H23NO/c17-16(10-9-13-5-1-2-6-13)11-14-7-3-4-8-15(14)18-12-16/h3-4,7-8,13H,1-2,5-6,9-12,17H2. The van der Waals surface area contributed by atoms with Crippen LogP contribution < -0.4 is 10.5 Å². The van der Waals surface area contributed by atoms with Gasteiger partial charge in [-0.25, -0.2) is 0 Å². The number of fused-ring (bicyclic) bond motifs is 1. The molecule has 18 heavy (non-hydrogen) atoms. The van der Waals surface area contributed by atoms with Crippen molar-refractivity contribution in [3.05, 3.63) is 29.8 Å². The predicted molar refractivity (Wildman–Crippen MR) is 73.8 cm³/mol. The highest BCUT2D eigenvalue weighted by Crippen LogP contribution is 2.34. The number of rotatable bonds is 3. The molecule has 1 aliphatic carbocycles. The predicted octanol–water partition coefficient (Wildman–Crippen LogP) is 3.29. The summed E-state index contributed by atoms with van der Waals surface area (Å²) in [5.74, 6) is 1.95. The van der Waals surface area contributed by atoms with Crippen molar-refractivity contribution in [2.24, 2.45) is 11.7 Å². The number of hydrogen-bond acceptors (Lipinski definition) is 2. The van der Waals surface area contributed by atoms with E-state index in [4.69, 9.17) is 10.5 Å². The summed E-state index contributed by atoms with van der Waals surface area (Å²) < 4.78 is 5.83. The first kappa shape index (κ1) is 12.0. The lowest BCUT2D eigenvalue weighted by molar-refractivity contribution is 0.173. The molecule has 0 radical (unpaired) electrons. The van der Waals surface area contributed by atoms with E-state index in [0.29, 0.717) is 6.61 Å². The van der Waals surface area contributed by atoms with Crippen LogP contribution in [0.1, 0.15) is 44.1 Å². The first-order valence-corrected chi connectivity index (χ1v) is 7.25. The Kier molecular flexibility index (Phi) is 3.29. The van der Waals surface area contributed by atoms with Gasteiger partial charge in [0, 0.05) is 0 Å². The maximum absolute atomic E-state index is 6.53. The van der Waals surface area contributed by atoms with Crippen molar-refractivity contribution in [2.45, 2.75) is 50.5 Å². The molecule has 1 atom stereocenters. The van der Waals surface area contributed by atoms with E-state index in [1.165, 1.54) is 37.7 Å². The molecular weight excluding hydrogens is 222 g/mol. The van der Waals surface area contributed by atoms with E-state index >= 15 is 0 Å².